The summed E-state index contributed by atoms with van der Waals surface area (Å²) in [5.74, 6) is 1.54. The Morgan fingerprint density at radius 1 is 1.24 bits per heavy atom. The van der Waals surface area contributed by atoms with Gasteiger partial charge in [0.15, 0.2) is 6.29 Å². The van der Waals surface area contributed by atoms with Gasteiger partial charge in [-0.3, -0.25) is 4.79 Å². The third kappa shape index (κ3) is 2.50. The van der Waals surface area contributed by atoms with Crippen LogP contribution < -0.4 is 0 Å². The zero-order valence-electron chi connectivity index (χ0n) is 11.6. The molecule has 0 saturated heterocycles. The minimum atomic E-state index is 0.522. The first-order valence-electron chi connectivity index (χ1n) is 6.46. The number of carbonyl (C=O) groups is 1. The maximum atomic E-state index is 11.3. The average molecular weight is 301 g/mol. The van der Waals surface area contributed by atoms with Crippen LogP contribution in [0, 0.1) is 13.8 Å². The Labute approximate surface area is 127 Å². The predicted molar refractivity (Wildman–Crippen MR) is 81.1 cm³/mol. The fourth-order valence-corrected chi connectivity index (χ4v) is 2.40. The van der Waals surface area contributed by atoms with Crippen molar-refractivity contribution in [2.75, 3.05) is 0 Å². The predicted octanol–water partition coefficient (Wildman–Crippen LogP) is 4.22. The third-order valence-corrected chi connectivity index (χ3v) is 3.51. The number of halogens is 1. The Kier molecular flexibility index (Phi) is 3.39. The van der Waals surface area contributed by atoms with Gasteiger partial charge < -0.3 is 4.42 Å². The van der Waals surface area contributed by atoms with Gasteiger partial charge >= 0.3 is 0 Å². The van der Waals surface area contributed by atoms with Crippen LogP contribution in [-0.2, 0) is 0 Å². The number of hydrogen-bond acceptors (Lipinski definition) is 3. The minimum Gasteiger partial charge on any atom is -0.466 e. The van der Waals surface area contributed by atoms with Crippen LogP contribution in [0.3, 0.4) is 0 Å². The van der Waals surface area contributed by atoms with Crippen LogP contribution in [0.15, 0.2) is 40.9 Å². The van der Waals surface area contributed by atoms with Crippen LogP contribution in [0.2, 0.25) is 5.02 Å². The van der Waals surface area contributed by atoms with E-state index in [1.54, 1.807) is 23.0 Å². The van der Waals surface area contributed by atoms with Crippen molar-refractivity contribution >= 4 is 17.9 Å². The van der Waals surface area contributed by atoms with Crippen molar-refractivity contribution in [1.29, 1.82) is 0 Å². The molecule has 1 aromatic carbocycles. The number of benzene rings is 1. The first kappa shape index (κ1) is 13.6. The van der Waals surface area contributed by atoms with Gasteiger partial charge in [0.2, 0.25) is 0 Å². The van der Waals surface area contributed by atoms with Crippen molar-refractivity contribution in [2.45, 2.75) is 13.8 Å². The zero-order valence-corrected chi connectivity index (χ0v) is 12.4. The molecule has 3 aromatic rings. The number of aryl methyl sites for hydroxylation is 2. The summed E-state index contributed by atoms with van der Waals surface area (Å²) >= 11 is 5.88. The molecule has 0 saturated carbocycles. The molecule has 0 aliphatic rings. The lowest BCUT2D eigenvalue weighted by Gasteiger charge is -2.00. The Morgan fingerprint density at radius 3 is 2.52 bits per heavy atom. The summed E-state index contributed by atoms with van der Waals surface area (Å²) < 4.78 is 7.18. The topological polar surface area (TPSA) is 48.0 Å². The molecule has 0 bridgehead atoms. The Hall–Kier alpha value is -2.33. The molecule has 0 radical (unpaired) electrons. The molecule has 0 atom stereocenters. The van der Waals surface area contributed by atoms with E-state index in [0.717, 1.165) is 29.1 Å². The van der Waals surface area contributed by atoms with Crippen molar-refractivity contribution in [3.05, 3.63) is 58.6 Å². The van der Waals surface area contributed by atoms with Crippen LogP contribution in [0.25, 0.3) is 16.9 Å². The van der Waals surface area contributed by atoms with Crippen LogP contribution in [-0.4, -0.2) is 16.1 Å². The summed E-state index contributed by atoms with van der Waals surface area (Å²) in [6.45, 7) is 3.73. The van der Waals surface area contributed by atoms with Crippen molar-refractivity contribution in [3.63, 3.8) is 0 Å². The number of carbonyl (C=O) groups excluding carboxylic acids is 1. The van der Waals surface area contributed by atoms with Gasteiger partial charge in [-0.25, -0.2) is 4.68 Å². The fraction of sp³-hybridized carbons (Fsp3) is 0.125. The van der Waals surface area contributed by atoms with Crippen LogP contribution >= 0.6 is 11.6 Å². The van der Waals surface area contributed by atoms with Gasteiger partial charge in [0.05, 0.1) is 11.3 Å². The highest BCUT2D eigenvalue weighted by Gasteiger charge is 2.16. The Balaban J connectivity index is 2.12. The van der Waals surface area contributed by atoms with Crippen LogP contribution in [0.4, 0.5) is 0 Å². The molecule has 0 N–H and O–H groups in total. The molecule has 4 nitrogen and oxygen atoms in total. The summed E-state index contributed by atoms with van der Waals surface area (Å²) in [4.78, 5) is 11.3. The van der Waals surface area contributed by atoms with Gasteiger partial charge in [-0.1, -0.05) is 11.6 Å². The molecule has 106 valence electrons. The lowest BCUT2D eigenvalue weighted by Crippen LogP contribution is -1.94. The van der Waals surface area contributed by atoms with Gasteiger partial charge in [-0.2, -0.15) is 5.10 Å². The summed E-state index contributed by atoms with van der Waals surface area (Å²) in [6, 6.07) is 9.15. The highest BCUT2D eigenvalue weighted by molar-refractivity contribution is 6.30. The number of hydrogen-bond donors (Lipinski definition) is 0. The first-order chi connectivity index (χ1) is 10.1. The van der Waals surface area contributed by atoms with E-state index in [4.69, 9.17) is 16.0 Å². The highest BCUT2D eigenvalue weighted by Crippen LogP contribution is 2.28. The van der Waals surface area contributed by atoms with E-state index in [9.17, 15) is 4.79 Å². The molecule has 2 aromatic heterocycles. The van der Waals surface area contributed by atoms with Gasteiger partial charge in [0.1, 0.15) is 17.2 Å². The number of nitrogens with zero attached hydrogens (tertiary/aromatic N) is 2. The largest absolute Gasteiger partial charge is 0.466 e. The lowest BCUT2D eigenvalue weighted by molar-refractivity contribution is 0.112. The summed E-state index contributed by atoms with van der Waals surface area (Å²) in [5.41, 5.74) is 2.82. The van der Waals surface area contributed by atoms with E-state index in [1.165, 1.54) is 0 Å². The molecular weight excluding hydrogens is 288 g/mol. The SMILES string of the molecule is Cc1cc(-c2nn(-c3ccc(Cl)cc3)cc2C=O)c(C)o1. The van der Waals surface area contributed by atoms with E-state index in [-0.39, 0.29) is 0 Å². The number of aromatic nitrogens is 2. The van der Waals surface area contributed by atoms with Crippen molar-refractivity contribution in [1.82, 2.24) is 9.78 Å². The molecule has 0 aliphatic heterocycles. The van der Waals surface area contributed by atoms with Gasteiger partial charge in [0.25, 0.3) is 0 Å². The molecule has 0 spiro atoms. The average Bonchev–Trinajstić information content (AvgIpc) is 3.02. The van der Waals surface area contributed by atoms with Gasteiger partial charge in [-0.05, 0) is 44.2 Å². The van der Waals surface area contributed by atoms with E-state index >= 15 is 0 Å². The maximum absolute atomic E-state index is 11.3. The molecule has 3 rings (SSSR count). The third-order valence-electron chi connectivity index (χ3n) is 3.26. The van der Waals surface area contributed by atoms with Crippen molar-refractivity contribution in [3.8, 4) is 16.9 Å². The minimum absolute atomic E-state index is 0.522. The summed E-state index contributed by atoms with van der Waals surface area (Å²) in [5, 5.41) is 5.16. The highest BCUT2D eigenvalue weighted by atomic mass is 35.5. The number of rotatable bonds is 3. The second kappa shape index (κ2) is 5.22. The molecule has 0 aliphatic carbocycles. The van der Waals surface area contributed by atoms with Crippen molar-refractivity contribution in [2.24, 2.45) is 0 Å². The molecule has 5 heteroatoms. The Bertz CT molecular complexity index is 800. The lowest BCUT2D eigenvalue weighted by atomic mass is 10.1. The quantitative estimate of drug-likeness (QED) is 0.681. The Morgan fingerprint density at radius 2 is 1.95 bits per heavy atom. The summed E-state index contributed by atoms with van der Waals surface area (Å²) in [6.07, 6.45) is 2.50. The molecule has 0 unspecified atom stereocenters. The van der Waals surface area contributed by atoms with Crippen LogP contribution in [0.5, 0.6) is 0 Å². The van der Waals surface area contributed by atoms with Crippen molar-refractivity contribution < 1.29 is 9.21 Å². The molecular formula is C16H13ClN2O2. The second-order valence-corrected chi connectivity index (χ2v) is 5.24. The summed E-state index contributed by atoms with van der Waals surface area (Å²) in [7, 11) is 0. The monoisotopic (exact) mass is 300 g/mol. The first-order valence-corrected chi connectivity index (χ1v) is 6.84. The van der Waals surface area contributed by atoms with E-state index in [0.29, 0.717) is 16.3 Å². The molecule has 0 fully saturated rings. The molecule has 2 heterocycles. The zero-order chi connectivity index (χ0) is 15.0. The van der Waals surface area contributed by atoms with E-state index < -0.39 is 0 Å². The van der Waals surface area contributed by atoms with Crippen LogP contribution in [0.1, 0.15) is 21.9 Å². The molecule has 0 amide bonds. The molecule has 21 heavy (non-hydrogen) atoms. The normalized spacial score (nSPS) is 10.8. The van der Waals surface area contributed by atoms with Gasteiger partial charge in [-0.15, -0.1) is 0 Å². The fourth-order valence-electron chi connectivity index (χ4n) is 2.27. The maximum Gasteiger partial charge on any atom is 0.153 e. The number of furan rings is 1. The van der Waals surface area contributed by atoms with E-state index in [2.05, 4.69) is 5.10 Å². The second-order valence-electron chi connectivity index (χ2n) is 4.80. The number of aldehydes is 1. The van der Waals surface area contributed by atoms with E-state index in [1.807, 2.05) is 32.0 Å². The smallest absolute Gasteiger partial charge is 0.153 e. The van der Waals surface area contributed by atoms with Gasteiger partial charge in [0, 0.05) is 16.8 Å². The standard InChI is InChI=1S/C16H13ClN2O2/c1-10-7-15(11(2)21-10)16-12(9-20)8-19(18-16)14-5-3-13(17)4-6-14/h3-9H,1-2H3.